The summed E-state index contributed by atoms with van der Waals surface area (Å²) in [6, 6.07) is 16.2. The Balaban J connectivity index is 0.000000254. The standard InChI is InChI=1S/C11H15BrO2.C8H9BrO/c1-2-13-9-14-8-7-10-3-5-11(12)6-4-10;9-8-3-1-7(2-4-8)5-6-10/h3-6H,2,7-9H2,1H3;1-4,10H,5-6H2. The van der Waals surface area contributed by atoms with Crippen LogP contribution in [0.2, 0.25) is 0 Å². The molecule has 0 spiro atoms. The van der Waals surface area contributed by atoms with Crippen LogP contribution in [0.4, 0.5) is 0 Å². The molecule has 132 valence electrons. The van der Waals surface area contributed by atoms with Crippen molar-refractivity contribution in [3.63, 3.8) is 0 Å². The van der Waals surface area contributed by atoms with Gasteiger partial charge in [-0.15, -0.1) is 0 Å². The molecule has 0 aliphatic rings. The third-order valence-corrected chi connectivity index (χ3v) is 4.19. The van der Waals surface area contributed by atoms with Crippen molar-refractivity contribution in [1.82, 2.24) is 0 Å². The molecule has 0 fully saturated rings. The number of hydrogen-bond acceptors (Lipinski definition) is 3. The van der Waals surface area contributed by atoms with Crippen LogP contribution < -0.4 is 0 Å². The fraction of sp³-hybridized carbons (Fsp3) is 0.368. The average molecular weight is 460 g/mol. The van der Waals surface area contributed by atoms with Gasteiger partial charge in [-0.1, -0.05) is 56.1 Å². The largest absolute Gasteiger partial charge is 0.396 e. The fourth-order valence-electron chi connectivity index (χ4n) is 1.82. The number of aliphatic hydroxyl groups excluding tert-OH is 1. The second kappa shape index (κ2) is 13.6. The number of halogens is 2. The molecule has 0 aromatic heterocycles. The van der Waals surface area contributed by atoms with E-state index >= 15 is 0 Å². The lowest BCUT2D eigenvalue weighted by molar-refractivity contribution is -0.0481. The lowest BCUT2D eigenvalue weighted by Crippen LogP contribution is -2.03. The Bertz CT molecular complexity index is 542. The Labute approximate surface area is 161 Å². The van der Waals surface area contributed by atoms with Gasteiger partial charge >= 0.3 is 0 Å². The Hall–Kier alpha value is -0.720. The topological polar surface area (TPSA) is 38.7 Å². The molecular formula is C19H24Br2O3. The molecule has 0 saturated carbocycles. The monoisotopic (exact) mass is 458 g/mol. The molecule has 2 aromatic rings. The number of rotatable bonds is 8. The van der Waals surface area contributed by atoms with Gasteiger partial charge in [-0.3, -0.25) is 0 Å². The van der Waals surface area contributed by atoms with E-state index in [0.717, 1.165) is 21.8 Å². The van der Waals surface area contributed by atoms with Crippen molar-refractivity contribution in [2.24, 2.45) is 0 Å². The summed E-state index contributed by atoms with van der Waals surface area (Å²) in [5.74, 6) is 0. The van der Waals surface area contributed by atoms with Crippen LogP contribution >= 0.6 is 31.9 Å². The van der Waals surface area contributed by atoms with Crippen molar-refractivity contribution in [2.75, 3.05) is 26.6 Å². The van der Waals surface area contributed by atoms with E-state index in [1.807, 2.05) is 43.3 Å². The number of ether oxygens (including phenoxy) is 2. The first-order valence-electron chi connectivity index (χ1n) is 7.91. The predicted octanol–water partition coefficient (Wildman–Crippen LogP) is 4.99. The van der Waals surface area contributed by atoms with Gasteiger partial charge in [-0.2, -0.15) is 0 Å². The normalized spacial score (nSPS) is 10.2. The number of hydrogen-bond donors (Lipinski definition) is 1. The molecule has 0 radical (unpaired) electrons. The van der Waals surface area contributed by atoms with Crippen LogP contribution in [0, 0.1) is 0 Å². The van der Waals surface area contributed by atoms with Crippen LogP contribution in [-0.2, 0) is 22.3 Å². The summed E-state index contributed by atoms with van der Waals surface area (Å²) in [6.07, 6.45) is 1.67. The molecule has 2 rings (SSSR count). The third kappa shape index (κ3) is 10.2. The molecule has 0 bridgehead atoms. The summed E-state index contributed by atoms with van der Waals surface area (Å²) in [5.41, 5.74) is 2.45. The first-order valence-corrected chi connectivity index (χ1v) is 9.49. The van der Waals surface area contributed by atoms with Crippen molar-refractivity contribution in [2.45, 2.75) is 19.8 Å². The van der Waals surface area contributed by atoms with Gasteiger partial charge in [0.2, 0.25) is 0 Å². The van der Waals surface area contributed by atoms with E-state index < -0.39 is 0 Å². The maximum absolute atomic E-state index is 8.58. The minimum absolute atomic E-state index is 0.224. The summed E-state index contributed by atoms with van der Waals surface area (Å²) < 4.78 is 12.5. The molecule has 0 amide bonds. The van der Waals surface area contributed by atoms with Gasteiger partial charge in [0.05, 0.1) is 6.61 Å². The molecule has 5 heteroatoms. The number of benzene rings is 2. The second-order valence-corrected chi connectivity index (χ2v) is 6.83. The van der Waals surface area contributed by atoms with Crippen LogP contribution in [-0.4, -0.2) is 31.7 Å². The molecular weight excluding hydrogens is 436 g/mol. The van der Waals surface area contributed by atoms with Crippen molar-refractivity contribution >= 4 is 31.9 Å². The van der Waals surface area contributed by atoms with E-state index in [2.05, 4.69) is 44.0 Å². The van der Waals surface area contributed by atoms with Gasteiger partial charge in [0.1, 0.15) is 6.79 Å². The minimum Gasteiger partial charge on any atom is -0.396 e. The van der Waals surface area contributed by atoms with Gasteiger partial charge < -0.3 is 14.6 Å². The molecule has 2 aromatic carbocycles. The van der Waals surface area contributed by atoms with Crippen LogP contribution in [0.1, 0.15) is 18.1 Å². The van der Waals surface area contributed by atoms with Crippen molar-refractivity contribution in [3.8, 4) is 0 Å². The van der Waals surface area contributed by atoms with E-state index in [4.69, 9.17) is 14.6 Å². The SMILES string of the molecule is CCOCOCCc1ccc(Br)cc1.OCCc1ccc(Br)cc1. The highest BCUT2D eigenvalue weighted by molar-refractivity contribution is 9.10. The highest BCUT2D eigenvalue weighted by Gasteiger charge is 1.93. The van der Waals surface area contributed by atoms with Gasteiger partial charge in [-0.05, 0) is 55.2 Å². The number of aliphatic hydroxyl groups is 1. The molecule has 24 heavy (non-hydrogen) atoms. The van der Waals surface area contributed by atoms with Crippen LogP contribution in [0.5, 0.6) is 0 Å². The zero-order valence-corrected chi connectivity index (χ0v) is 17.1. The molecule has 0 atom stereocenters. The molecule has 3 nitrogen and oxygen atoms in total. The van der Waals surface area contributed by atoms with Gasteiger partial charge in [0.15, 0.2) is 0 Å². The smallest absolute Gasteiger partial charge is 0.146 e. The molecule has 1 N–H and O–H groups in total. The predicted molar refractivity (Wildman–Crippen MR) is 105 cm³/mol. The van der Waals surface area contributed by atoms with Crippen molar-refractivity contribution < 1.29 is 14.6 Å². The quantitative estimate of drug-likeness (QED) is 0.446. The zero-order valence-electron chi connectivity index (χ0n) is 13.9. The summed E-state index contributed by atoms with van der Waals surface area (Å²) in [7, 11) is 0. The molecule has 0 saturated heterocycles. The van der Waals surface area contributed by atoms with E-state index in [9.17, 15) is 0 Å². The molecule has 0 heterocycles. The summed E-state index contributed by atoms with van der Waals surface area (Å²) >= 11 is 6.73. The van der Waals surface area contributed by atoms with E-state index in [-0.39, 0.29) is 6.61 Å². The highest BCUT2D eigenvalue weighted by Crippen LogP contribution is 2.11. The Morgan fingerprint density at radius 2 is 1.29 bits per heavy atom. The molecule has 0 unspecified atom stereocenters. The Morgan fingerprint density at radius 1 is 0.792 bits per heavy atom. The van der Waals surface area contributed by atoms with Crippen LogP contribution in [0.25, 0.3) is 0 Å². The Morgan fingerprint density at radius 3 is 1.75 bits per heavy atom. The summed E-state index contributed by atoms with van der Waals surface area (Å²) in [6.45, 7) is 3.99. The third-order valence-electron chi connectivity index (χ3n) is 3.13. The highest BCUT2D eigenvalue weighted by atomic mass is 79.9. The van der Waals surface area contributed by atoms with Crippen molar-refractivity contribution in [1.29, 1.82) is 0 Å². The minimum atomic E-state index is 0.224. The van der Waals surface area contributed by atoms with Gasteiger partial charge in [-0.25, -0.2) is 0 Å². The maximum Gasteiger partial charge on any atom is 0.146 e. The fourth-order valence-corrected chi connectivity index (χ4v) is 2.35. The first-order chi connectivity index (χ1) is 11.7. The first kappa shape index (κ1) is 21.3. The average Bonchev–Trinajstić information content (AvgIpc) is 2.59. The summed E-state index contributed by atoms with van der Waals surface area (Å²) in [5, 5.41) is 8.58. The van der Waals surface area contributed by atoms with E-state index in [1.54, 1.807) is 0 Å². The lowest BCUT2D eigenvalue weighted by Gasteiger charge is -2.04. The van der Waals surface area contributed by atoms with E-state index in [0.29, 0.717) is 20.0 Å². The maximum atomic E-state index is 8.58. The van der Waals surface area contributed by atoms with Crippen LogP contribution in [0.15, 0.2) is 57.5 Å². The zero-order chi connectivity index (χ0) is 17.6. The van der Waals surface area contributed by atoms with Crippen molar-refractivity contribution in [3.05, 3.63) is 68.6 Å². The Kier molecular flexibility index (Phi) is 12.0. The second-order valence-electron chi connectivity index (χ2n) is 5.00. The molecule has 0 aliphatic carbocycles. The lowest BCUT2D eigenvalue weighted by atomic mass is 10.2. The van der Waals surface area contributed by atoms with Gasteiger partial charge in [0.25, 0.3) is 0 Å². The van der Waals surface area contributed by atoms with E-state index in [1.165, 1.54) is 11.1 Å². The van der Waals surface area contributed by atoms with Crippen LogP contribution in [0.3, 0.4) is 0 Å². The van der Waals surface area contributed by atoms with Gasteiger partial charge in [0, 0.05) is 22.2 Å². The summed E-state index contributed by atoms with van der Waals surface area (Å²) in [4.78, 5) is 0. The molecule has 0 aliphatic heterocycles.